The van der Waals surface area contributed by atoms with Gasteiger partial charge in [0.25, 0.3) is 5.91 Å². The van der Waals surface area contributed by atoms with E-state index in [0.717, 1.165) is 29.8 Å². The molecule has 1 atom stereocenters. The largest absolute Gasteiger partial charge is 0.396 e. The monoisotopic (exact) mass is 534 g/mol. The molecule has 1 unspecified atom stereocenters. The van der Waals surface area contributed by atoms with Crippen LogP contribution in [-0.4, -0.2) is 47.0 Å². The molecule has 0 bridgehead atoms. The number of carbonyl (C=O) groups excluding carboxylic acids is 1. The van der Waals surface area contributed by atoms with Crippen molar-refractivity contribution in [2.75, 3.05) is 31.1 Å². The van der Waals surface area contributed by atoms with E-state index in [2.05, 4.69) is 16.9 Å². The predicted molar refractivity (Wildman–Crippen MR) is 142 cm³/mol. The second-order valence-electron chi connectivity index (χ2n) is 8.71. The summed E-state index contributed by atoms with van der Waals surface area (Å²) in [6.07, 6.45) is 1.96. The summed E-state index contributed by atoms with van der Waals surface area (Å²) in [6, 6.07) is 13.1. The predicted octanol–water partition coefficient (Wildman–Crippen LogP) is 6.39. The molecule has 1 saturated heterocycles. The van der Waals surface area contributed by atoms with Crippen molar-refractivity contribution >= 4 is 46.4 Å². The van der Waals surface area contributed by atoms with E-state index >= 15 is 0 Å². The first-order chi connectivity index (χ1) is 16.8. The maximum absolute atomic E-state index is 13.7. The molecule has 35 heavy (non-hydrogen) atoms. The molecule has 0 spiro atoms. The highest BCUT2D eigenvalue weighted by molar-refractivity contribution is 6.36. The molecule has 9 heteroatoms. The van der Waals surface area contributed by atoms with Crippen LogP contribution in [0.25, 0.3) is 0 Å². The Kier molecular flexibility index (Phi) is 8.15. The topological polar surface area (TPSA) is 50.6 Å². The second kappa shape index (κ2) is 11.1. The molecule has 186 valence electrons. The number of halogens is 3. The van der Waals surface area contributed by atoms with Gasteiger partial charge >= 0.3 is 0 Å². The van der Waals surface area contributed by atoms with Gasteiger partial charge in [-0.25, -0.2) is 0 Å². The molecule has 3 aromatic rings. The van der Waals surface area contributed by atoms with Crippen LogP contribution < -0.4 is 9.74 Å². The molecule has 1 fully saturated rings. The normalized spacial score (nSPS) is 16.0. The maximum Gasteiger partial charge on any atom is 0.257 e. The number of amides is 1. The van der Waals surface area contributed by atoms with E-state index in [-0.39, 0.29) is 11.9 Å². The zero-order chi connectivity index (χ0) is 25.1. The third-order valence-electron chi connectivity index (χ3n) is 6.32. The molecule has 4 rings (SSSR count). The van der Waals surface area contributed by atoms with Crippen LogP contribution in [0.3, 0.4) is 0 Å². The summed E-state index contributed by atoms with van der Waals surface area (Å²) in [6.45, 7) is 8.03. The van der Waals surface area contributed by atoms with Crippen molar-refractivity contribution in [3.05, 3.63) is 80.0 Å². The fourth-order valence-corrected chi connectivity index (χ4v) is 5.09. The van der Waals surface area contributed by atoms with Gasteiger partial charge in [0.1, 0.15) is 6.61 Å². The van der Waals surface area contributed by atoms with Gasteiger partial charge in [0.15, 0.2) is 0 Å². The highest BCUT2D eigenvalue weighted by Gasteiger charge is 2.34. The maximum atomic E-state index is 13.7. The highest BCUT2D eigenvalue weighted by Crippen LogP contribution is 2.37. The lowest BCUT2D eigenvalue weighted by molar-refractivity contribution is 0.0692. The van der Waals surface area contributed by atoms with Crippen LogP contribution >= 0.6 is 34.8 Å². The van der Waals surface area contributed by atoms with E-state index in [4.69, 9.17) is 39.6 Å². The zero-order valence-electron chi connectivity index (χ0n) is 20.1. The van der Waals surface area contributed by atoms with E-state index in [0.29, 0.717) is 52.6 Å². The minimum Gasteiger partial charge on any atom is -0.396 e. The lowest BCUT2D eigenvalue weighted by Gasteiger charge is -2.43. The van der Waals surface area contributed by atoms with Gasteiger partial charge in [-0.3, -0.25) is 4.79 Å². The van der Waals surface area contributed by atoms with Gasteiger partial charge in [0.2, 0.25) is 0 Å². The van der Waals surface area contributed by atoms with Crippen LogP contribution in [0.1, 0.15) is 53.1 Å². The molecule has 1 amide bonds. The highest BCUT2D eigenvalue weighted by atomic mass is 35.5. The number of hydrogen-bond acceptors (Lipinski definition) is 4. The van der Waals surface area contributed by atoms with Crippen LogP contribution in [-0.2, 0) is 0 Å². The molecule has 6 nitrogen and oxygen atoms in total. The van der Waals surface area contributed by atoms with Crippen LogP contribution in [0.2, 0.25) is 15.1 Å². The Labute approximate surface area is 221 Å². The van der Waals surface area contributed by atoms with E-state index < -0.39 is 0 Å². The van der Waals surface area contributed by atoms with Crippen LogP contribution in [0.5, 0.6) is 0 Å². The fourth-order valence-electron chi connectivity index (χ4n) is 4.45. The Hall–Kier alpha value is -2.41. The average molecular weight is 536 g/mol. The van der Waals surface area contributed by atoms with Gasteiger partial charge in [0, 0.05) is 29.7 Å². The molecule has 0 saturated carbocycles. The number of unbranched alkanes of at least 4 members (excludes halogenated alkanes) is 1. The van der Waals surface area contributed by atoms with E-state index in [9.17, 15) is 4.79 Å². The molecule has 2 aromatic carbocycles. The van der Waals surface area contributed by atoms with Crippen LogP contribution in [0.4, 0.5) is 5.69 Å². The molecule has 1 aromatic heterocycles. The van der Waals surface area contributed by atoms with E-state index in [1.807, 2.05) is 55.1 Å². The SMILES string of the molecule is CCCCOn1nc(C)c(C(=O)N2CCN(c3ccc(Cl)cc3Cl)C(c3ccc(Cl)cc3)C2)c1C. The number of aromatic nitrogens is 2. The molecule has 0 aliphatic carbocycles. The van der Waals surface area contributed by atoms with Crippen LogP contribution in [0.15, 0.2) is 42.5 Å². The fraction of sp³-hybridized carbons (Fsp3) is 0.385. The Morgan fingerprint density at radius 3 is 2.46 bits per heavy atom. The Bertz CT molecular complexity index is 1200. The first-order valence-electron chi connectivity index (χ1n) is 11.8. The summed E-state index contributed by atoms with van der Waals surface area (Å²) in [5.41, 5.74) is 3.90. The van der Waals surface area contributed by atoms with Gasteiger partial charge in [-0.1, -0.05) is 60.3 Å². The van der Waals surface area contributed by atoms with E-state index in [1.165, 1.54) is 4.85 Å². The third kappa shape index (κ3) is 5.55. The molecular formula is C26H29Cl3N4O2. The lowest BCUT2D eigenvalue weighted by atomic mass is 10.0. The first kappa shape index (κ1) is 25.7. The van der Waals surface area contributed by atoms with Crippen molar-refractivity contribution in [2.24, 2.45) is 0 Å². The molecular weight excluding hydrogens is 507 g/mol. The number of piperazine rings is 1. The summed E-state index contributed by atoms with van der Waals surface area (Å²) < 4.78 is 0. The van der Waals surface area contributed by atoms with Gasteiger partial charge in [-0.2, -0.15) is 0 Å². The molecule has 1 aliphatic heterocycles. The molecule has 2 heterocycles. The Morgan fingerprint density at radius 1 is 1.06 bits per heavy atom. The van der Waals surface area contributed by atoms with Gasteiger partial charge in [-0.05, 0) is 56.2 Å². The molecule has 1 aliphatic rings. The summed E-state index contributed by atoms with van der Waals surface area (Å²) in [5, 5.41) is 6.28. The van der Waals surface area contributed by atoms with E-state index in [1.54, 1.807) is 6.07 Å². The van der Waals surface area contributed by atoms with Crippen molar-refractivity contribution < 1.29 is 9.63 Å². The number of benzene rings is 2. The quantitative estimate of drug-likeness (QED) is 0.329. The van der Waals surface area contributed by atoms with Crippen molar-refractivity contribution in [1.29, 1.82) is 0 Å². The second-order valence-corrected chi connectivity index (χ2v) is 9.99. The van der Waals surface area contributed by atoms with Gasteiger partial charge < -0.3 is 14.6 Å². The Morgan fingerprint density at radius 2 is 1.77 bits per heavy atom. The standard InChI is InChI=1S/C26H29Cl3N4O2/c1-4-5-14-35-33-18(3)25(17(2)30-33)26(34)31-12-13-32(23-11-10-21(28)15-22(23)29)24(16-31)19-6-8-20(27)9-7-19/h6-11,15,24H,4-5,12-14,16H2,1-3H3. The minimum absolute atomic E-state index is 0.0499. The average Bonchev–Trinajstić information content (AvgIpc) is 3.12. The van der Waals surface area contributed by atoms with Crippen molar-refractivity contribution in [3.8, 4) is 0 Å². The smallest absolute Gasteiger partial charge is 0.257 e. The van der Waals surface area contributed by atoms with Crippen molar-refractivity contribution in [3.63, 3.8) is 0 Å². The lowest BCUT2D eigenvalue weighted by Crippen LogP contribution is -2.51. The van der Waals surface area contributed by atoms with Crippen molar-refractivity contribution in [2.45, 2.75) is 39.7 Å². The number of aryl methyl sites for hydroxylation is 1. The number of rotatable bonds is 7. The van der Waals surface area contributed by atoms with Crippen molar-refractivity contribution in [1.82, 2.24) is 14.8 Å². The molecule has 0 radical (unpaired) electrons. The first-order valence-corrected chi connectivity index (χ1v) is 12.9. The van der Waals surface area contributed by atoms with Gasteiger partial charge in [-0.15, -0.1) is 9.94 Å². The number of anilines is 1. The number of nitrogens with zero attached hydrogens (tertiary/aromatic N) is 4. The summed E-state index contributed by atoms with van der Waals surface area (Å²) in [7, 11) is 0. The zero-order valence-corrected chi connectivity index (χ0v) is 22.4. The summed E-state index contributed by atoms with van der Waals surface area (Å²) in [4.78, 5) is 25.1. The number of hydrogen-bond donors (Lipinski definition) is 0. The Balaban J connectivity index is 1.63. The third-order valence-corrected chi connectivity index (χ3v) is 7.11. The molecule has 0 N–H and O–H groups in total. The van der Waals surface area contributed by atoms with Gasteiger partial charge in [0.05, 0.1) is 33.7 Å². The minimum atomic E-state index is -0.111. The van der Waals surface area contributed by atoms with Crippen LogP contribution in [0, 0.1) is 13.8 Å². The summed E-state index contributed by atoms with van der Waals surface area (Å²) in [5.74, 6) is -0.0499. The summed E-state index contributed by atoms with van der Waals surface area (Å²) >= 11 is 18.9. The number of carbonyl (C=O) groups is 1.